The molecule has 0 saturated carbocycles. The minimum absolute atomic E-state index is 0.103. The van der Waals surface area contributed by atoms with Crippen molar-refractivity contribution in [3.63, 3.8) is 0 Å². The highest BCUT2D eigenvalue weighted by Gasteiger charge is 2.07. The number of methoxy groups -OCH3 is 1. The fourth-order valence-electron chi connectivity index (χ4n) is 1.57. The van der Waals surface area contributed by atoms with E-state index in [0.29, 0.717) is 5.13 Å². The topological polar surface area (TPSA) is 63.2 Å². The monoisotopic (exact) mass is 277 g/mol. The average Bonchev–Trinajstić information content (AvgIpc) is 2.87. The Kier molecular flexibility index (Phi) is 4.48. The van der Waals surface area contributed by atoms with Crippen molar-refractivity contribution in [2.24, 2.45) is 0 Å². The van der Waals surface area contributed by atoms with E-state index in [9.17, 15) is 4.79 Å². The second-order valence-electron chi connectivity index (χ2n) is 3.85. The molecule has 1 amide bonds. The second-order valence-corrected chi connectivity index (χ2v) is 4.71. The summed E-state index contributed by atoms with van der Waals surface area (Å²) >= 11 is 1.40. The first-order valence-corrected chi connectivity index (χ1v) is 6.65. The molecule has 19 heavy (non-hydrogen) atoms. The summed E-state index contributed by atoms with van der Waals surface area (Å²) in [4.78, 5) is 15.8. The van der Waals surface area contributed by atoms with Gasteiger partial charge < -0.3 is 15.4 Å². The molecule has 0 unspecified atom stereocenters. The number of benzene rings is 1. The highest BCUT2D eigenvalue weighted by atomic mass is 32.1. The van der Waals surface area contributed by atoms with E-state index < -0.39 is 0 Å². The van der Waals surface area contributed by atoms with Gasteiger partial charge in [0.2, 0.25) is 5.91 Å². The van der Waals surface area contributed by atoms with Crippen LogP contribution in [-0.2, 0) is 4.79 Å². The molecule has 0 atom stereocenters. The zero-order valence-corrected chi connectivity index (χ0v) is 11.6. The number of hydrogen-bond acceptors (Lipinski definition) is 5. The summed E-state index contributed by atoms with van der Waals surface area (Å²) in [5.41, 5.74) is 1.79. The van der Waals surface area contributed by atoms with Crippen LogP contribution in [0.1, 0.15) is 0 Å². The first-order valence-electron chi connectivity index (χ1n) is 5.77. The van der Waals surface area contributed by atoms with Crippen LogP contribution < -0.4 is 15.4 Å². The van der Waals surface area contributed by atoms with E-state index in [-0.39, 0.29) is 12.5 Å². The number of rotatable bonds is 5. The number of carbonyl (C=O) groups excluding carboxylic acids is 1. The number of nitrogens with zero attached hydrogens (tertiary/aromatic N) is 1. The Hall–Kier alpha value is -1.92. The van der Waals surface area contributed by atoms with Crippen molar-refractivity contribution < 1.29 is 9.53 Å². The van der Waals surface area contributed by atoms with Gasteiger partial charge in [-0.05, 0) is 19.2 Å². The molecule has 0 saturated heterocycles. The van der Waals surface area contributed by atoms with E-state index in [1.54, 1.807) is 14.2 Å². The predicted octanol–water partition coefficient (Wildman–Crippen LogP) is 1.98. The fraction of sp³-hybridized carbons (Fsp3) is 0.231. The number of anilines is 1. The molecular formula is C13H15N3O2S. The van der Waals surface area contributed by atoms with E-state index in [2.05, 4.69) is 15.6 Å². The molecule has 0 fully saturated rings. The maximum atomic E-state index is 11.4. The van der Waals surface area contributed by atoms with Crippen LogP contribution in [0.15, 0.2) is 29.6 Å². The van der Waals surface area contributed by atoms with Gasteiger partial charge in [0.25, 0.3) is 0 Å². The Bertz CT molecular complexity index is 569. The molecule has 2 N–H and O–H groups in total. The third-order valence-corrected chi connectivity index (χ3v) is 3.21. The van der Waals surface area contributed by atoms with Gasteiger partial charge in [-0.15, -0.1) is 11.3 Å². The third-order valence-electron chi connectivity index (χ3n) is 2.45. The van der Waals surface area contributed by atoms with Crippen LogP contribution in [0.2, 0.25) is 0 Å². The van der Waals surface area contributed by atoms with Gasteiger partial charge in [0.05, 0.1) is 19.3 Å². The molecule has 1 aromatic carbocycles. The molecule has 0 bridgehead atoms. The Morgan fingerprint density at radius 3 is 3.05 bits per heavy atom. The highest BCUT2D eigenvalue weighted by Crippen LogP contribution is 2.27. The van der Waals surface area contributed by atoms with E-state index in [1.165, 1.54) is 11.3 Å². The molecule has 0 radical (unpaired) electrons. The summed E-state index contributed by atoms with van der Waals surface area (Å²) in [6.45, 7) is 0.272. The molecule has 100 valence electrons. The predicted molar refractivity (Wildman–Crippen MR) is 76.7 cm³/mol. The van der Waals surface area contributed by atoms with Crippen molar-refractivity contribution in [3.8, 4) is 17.0 Å². The molecular weight excluding hydrogens is 262 g/mol. The Balaban J connectivity index is 2.13. The van der Waals surface area contributed by atoms with E-state index >= 15 is 0 Å². The Morgan fingerprint density at radius 1 is 1.47 bits per heavy atom. The van der Waals surface area contributed by atoms with Crippen molar-refractivity contribution in [1.82, 2.24) is 10.3 Å². The summed E-state index contributed by atoms with van der Waals surface area (Å²) in [6.07, 6.45) is 0. The number of aromatic nitrogens is 1. The minimum Gasteiger partial charge on any atom is -0.497 e. The van der Waals surface area contributed by atoms with Crippen molar-refractivity contribution in [2.45, 2.75) is 0 Å². The maximum absolute atomic E-state index is 11.4. The Morgan fingerprint density at radius 2 is 2.32 bits per heavy atom. The van der Waals surface area contributed by atoms with Gasteiger partial charge in [-0.3, -0.25) is 4.79 Å². The lowest BCUT2D eigenvalue weighted by Crippen LogP contribution is -2.24. The molecule has 2 aromatic rings. The van der Waals surface area contributed by atoms with Gasteiger partial charge in [0, 0.05) is 10.9 Å². The van der Waals surface area contributed by atoms with Crippen molar-refractivity contribution in [1.29, 1.82) is 0 Å². The van der Waals surface area contributed by atoms with E-state index in [0.717, 1.165) is 17.0 Å². The van der Waals surface area contributed by atoms with Crippen LogP contribution in [0, 0.1) is 0 Å². The smallest absolute Gasteiger partial charge is 0.240 e. The molecule has 6 heteroatoms. The highest BCUT2D eigenvalue weighted by molar-refractivity contribution is 7.14. The largest absolute Gasteiger partial charge is 0.497 e. The van der Waals surface area contributed by atoms with Crippen LogP contribution in [0.4, 0.5) is 5.13 Å². The van der Waals surface area contributed by atoms with Crippen molar-refractivity contribution >= 4 is 22.4 Å². The molecule has 5 nitrogen and oxygen atoms in total. The second kappa shape index (κ2) is 6.31. The summed E-state index contributed by atoms with van der Waals surface area (Å²) < 4.78 is 5.18. The average molecular weight is 277 g/mol. The molecule has 0 aliphatic heterocycles. The van der Waals surface area contributed by atoms with Crippen LogP contribution in [-0.4, -0.2) is 31.6 Å². The molecule has 0 aliphatic rings. The minimum atomic E-state index is -0.103. The van der Waals surface area contributed by atoms with E-state index in [1.807, 2.05) is 29.6 Å². The molecule has 0 aliphatic carbocycles. The van der Waals surface area contributed by atoms with Gasteiger partial charge in [0.1, 0.15) is 5.75 Å². The molecule has 2 rings (SSSR count). The number of amides is 1. The van der Waals surface area contributed by atoms with Crippen LogP contribution in [0.3, 0.4) is 0 Å². The first kappa shape index (κ1) is 13.5. The van der Waals surface area contributed by atoms with Gasteiger partial charge >= 0.3 is 0 Å². The molecule has 1 aromatic heterocycles. The number of likely N-dealkylation sites (N-methyl/N-ethyl adjacent to an activating group) is 1. The van der Waals surface area contributed by atoms with E-state index in [4.69, 9.17) is 4.74 Å². The van der Waals surface area contributed by atoms with Gasteiger partial charge in [-0.1, -0.05) is 12.1 Å². The van der Waals surface area contributed by atoms with Crippen LogP contribution in [0.5, 0.6) is 5.75 Å². The lowest BCUT2D eigenvalue weighted by atomic mass is 10.2. The summed E-state index contributed by atoms with van der Waals surface area (Å²) in [7, 11) is 3.35. The van der Waals surface area contributed by atoms with Gasteiger partial charge in [-0.2, -0.15) is 0 Å². The zero-order chi connectivity index (χ0) is 13.7. The number of nitrogens with one attached hydrogen (secondary N) is 2. The normalized spacial score (nSPS) is 10.2. The SMILES string of the molecule is CNCC(=O)Nc1nc(-c2cccc(OC)c2)cs1. The standard InChI is InChI=1S/C13H15N3O2S/c1-14-7-12(17)16-13-15-11(8-19-13)9-4-3-5-10(6-9)18-2/h3-6,8,14H,7H2,1-2H3,(H,15,16,17). The van der Waals surface area contributed by atoms with Crippen LogP contribution >= 0.6 is 11.3 Å². The lowest BCUT2D eigenvalue weighted by Gasteiger charge is -2.02. The number of carbonyl (C=O) groups is 1. The lowest BCUT2D eigenvalue weighted by molar-refractivity contribution is -0.115. The summed E-state index contributed by atoms with van der Waals surface area (Å²) in [6, 6.07) is 7.66. The molecule has 1 heterocycles. The number of hydrogen-bond donors (Lipinski definition) is 2. The van der Waals surface area contributed by atoms with Gasteiger partial charge in [0.15, 0.2) is 5.13 Å². The third kappa shape index (κ3) is 3.52. The molecule has 0 spiro atoms. The summed E-state index contributed by atoms with van der Waals surface area (Å²) in [5, 5.41) is 8.03. The quantitative estimate of drug-likeness (QED) is 0.877. The first-order chi connectivity index (χ1) is 9.22. The number of ether oxygens (including phenoxy) is 1. The number of thiazole rings is 1. The Labute approximate surface area is 115 Å². The zero-order valence-electron chi connectivity index (χ0n) is 10.8. The summed E-state index contributed by atoms with van der Waals surface area (Å²) in [5.74, 6) is 0.681. The maximum Gasteiger partial charge on any atom is 0.240 e. The van der Waals surface area contributed by atoms with Crippen molar-refractivity contribution in [2.75, 3.05) is 26.0 Å². The van der Waals surface area contributed by atoms with Gasteiger partial charge in [-0.25, -0.2) is 4.98 Å². The fourth-order valence-corrected chi connectivity index (χ4v) is 2.31. The van der Waals surface area contributed by atoms with Crippen LogP contribution in [0.25, 0.3) is 11.3 Å². The van der Waals surface area contributed by atoms with Crippen molar-refractivity contribution in [3.05, 3.63) is 29.6 Å².